The normalized spacial score (nSPS) is 25.4. The van der Waals surface area contributed by atoms with Crippen molar-refractivity contribution in [1.29, 1.82) is 0 Å². The number of halogens is 2. The number of carbonyl (C=O) groups is 1. The molecule has 0 spiro atoms. The van der Waals surface area contributed by atoms with Crippen LogP contribution in [0.5, 0.6) is 0 Å². The monoisotopic (exact) mass is 327 g/mol. The molecule has 0 bridgehead atoms. The predicted octanol–water partition coefficient (Wildman–Crippen LogP) is 0.666. The molecular weight excluding hydrogens is 301 g/mol. The smallest absolute Gasteiger partial charge is 0.224 e. The van der Waals surface area contributed by atoms with Crippen LogP contribution in [0, 0.1) is 5.92 Å². The number of hydrogen-bond acceptors (Lipinski definition) is 4. The van der Waals surface area contributed by atoms with Crippen LogP contribution in [-0.4, -0.2) is 62.3 Å². The molecule has 1 unspecified atom stereocenters. The second-order valence-corrected chi connectivity index (χ2v) is 5.87. The Morgan fingerprint density at radius 3 is 2.80 bits per heavy atom. The molecule has 1 amide bonds. The third-order valence-corrected chi connectivity index (χ3v) is 3.66. The summed E-state index contributed by atoms with van der Waals surface area (Å²) in [6.45, 7) is 10.4. The Labute approximate surface area is 134 Å². The van der Waals surface area contributed by atoms with Crippen LogP contribution in [0.3, 0.4) is 0 Å². The molecule has 0 radical (unpaired) electrons. The molecule has 0 saturated carbocycles. The maximum atomic E-state index is 11.8. The maximum absolute atomic E-state index is 11.8. The van der Waals surface area contributed by atoms with Crippen molar-refractivity contribution in [2.45, 2.75) is 25.9 Å². The van der Waals surface area contributed by atoms with Crippen molar-refractivity contribution in [3.05, 3.63) is 0 Å². The van der Waals surface area contributed by atoms with E-state index in [1.165, 1.54) is 0 Å². The van der Waals surface area contributed by atoms with Gasteiger partial charge in [-0.1, -0.05) is 0 Å². The summed E-state index contributed by atoms with van der Waals surface area (Å²) in [4.78, 5) is 14.2. The van der Waals surface area contributed by atoms with Crippen molar-refractivity contribution in [3.8, 4) is 0 Å². The zero-order chi connectivity index (χ0) is 13.0. The van der Waals surface area contributed by atoms with Crippen LogP contribution in [0.25, 0.3) is 0 Å². The van der Waals surface area contributed by atoms with Crippen LogP contribution in [-0.2, 0) is 9.53 Å². The Bertz CT molecular complexity index is 297. The van der Waals surface area contributed by atoms with Crippen molar-refractivity contribution in [1.82, 2.24) is 15.5 Å². The van der Waals surface area contributed by atoms with Gasteiger partial charge in [0.2, 0.25) is 5.91 Å². The Balaban J connectivity index is 0.00000180. The summed E-state index contributed by atoms with van der Waals surface area (Å²) in [5.41, 5.74) is -0.0579. The molecule has 0 aromatic rings. The minimum absolute atomic E-state index is 0. The van der Waals surface area contributed by atoms with Crippen LogP contribution in [0.1, 0.15) is 20.3 Å². The Kier molecular flexibility index (Phi) is 9.02. The zero-order valence-corrected chi connectivity index (χ0v) is 13.9. The highest BCUT2D eigenvalue weighted by Crippen LogP contribution is 2.15. The van der Waals surface area contributed by atoms with Gasteiger partial charge in [-0.25, -0.2) is 0 Å². The van der Waals surface area contributed by atoms with Crippen molar-refractivity contribution >= 4 is 30.7 Å². The third-order valence-electron chi connectivity index (χ3n) is 3.66. The first-order chi connectivity index (χ1) is 8.57. The van der Waals surface area contributed by atoms with Crippen molar-refractivity contribution < 1.29 is 9.53 Å². The summed E-state index contributed by atoms with van der Waals surface area (Å²) >= 11 is 0. The van der Waals surface area contributed by atoms with E-state index in [2.05, 4.69) is 29.4 Å². The average molecular weight is 328 g/mol. The minimum atomic E-state index is -0.0579. The molecule has 2 rings (SSSR count). The summed E-state index contributed by atoms with van der Waals surface area (Å²) in [6, 6.07) is 0. The lowest BCUT2D eigenvalue weighted by atomic mass is 10.1. The summed E-state index contributed by atoms with van der Waals surface area (Å²) in [5.74, 6) is 0.374. The molecule has 1 atom stereocenters. The summed E-state index contributed by atoms with van der Waals surface area (Å²) < 4.78 is 5.67. The van der Waals surface area contributed by atoms with Crippen LogP contribution in [0.4, 0.5) is 0 Å². The Hall–Kier alpha value is -0.0700. The standard InChI is InChI=1S/C13H25N3O2.2ClH/c1-13(2)10-16(7-8-18-13)6-5-15-12(17)11-3-4-14-9-11;;/h11,14H,3-10H2,1-2H3,(H,15,17);2*1H. The lowest BCUT2D eigenvalue weighted by Crippen LogP contribution is -2.50. The molecule has 120 valence electrons. The molecule has 0 aromatic carbocycles. The molecular formula is C13H27Cl2N3O2. The van der Waals surface area contributed by atoms with Gasteiger partial charge in [-0.05, 0) is 26.8 Å². The van der Waals surface area contributed by atoms with E-state index < -0.39 is 0 Å². The number of carbonyl (C=O) groups excluding carboxylic acids is 1. The van der Waals surface area contributed by atoms with Gasteiger partial charge in [0.15, 0.2) is 0 Å². The Morgan fingerprint density at radius 1 is 1.45 bits per heavy atom. The number of rotatable bonds is 4. The Morgan fingerprint density at radius 2 is 2.20 bits per heavy atom. The largest absolute Gasteiger partial charge is 0.373 e. The van der Waals surface area contributed by atoms with E-state index in [1.807, 2.05) is 0 Å². The minimum Gasteiger partial charge on any atom is -0.373 e. The number of morpholine rings is 1. The molecule has 2 aliphatic rings. The SMILES string of the molecule is CC1(C)CN(CCNC(=O)C2CCNC2)CCO1.Cl.Cl. The lowest BCUT2D eigenvalue weighted by molar-refractivity contribution is -0.124. The predicted molar refractivity (Wildman–Crippen MR) is 85.0 cm³/mol. The first kappa shape index (κ1) is 19.9. The van der Waals surface area contributed by atoms with E-state index >= 15 is 0 Å². The molecule has 2 N–H and O–H groups in total. The highest BCUT2D eigenvalue weighted by atomic mass is 35.5. The molecule has 5 nitrogen and oxygen atoms in total. The van der Waals surface area contributed by atoms with Gasteiger partial charge >= 0.3 is 0 Å². The summed E-state index contributed by atoms with van der Waals surface area (Å²) in [7, 11) is 0. The van der Waals surface area contributed by atoms with E-state index in [1.54, 1.807) is 0 Å². The summed E-state index contributed by atoms with van der Waals surface area (Å²) in [5, 5.41) is 6.25. The zero-order valence-electron chi connectivity index (χ0n) is 12.3. The van der Waals surface area contributed by atoms with Gasteiger partial charge in [-0.3, -0.25) is 9.69 Å². The van der Waals surface area contributed by atoms with Crippen LogP contribution in [0.15, 0.2) is 0 Å². The van der Waals surface area contributed by atoms with E-state index in [0.717, 1.165) is 52.3 Å². The van der Waals surface area contributed by atoms with Gasteiger partial charge < -0.3 is 15.4 Å². The molecule has 2 fully saturated rings. The maximum Gasteiger partial charge on any atom is 0.224 e. The lowest BCUT2D eigenvalue weighted by Gasteiger charge is -2.38. The second-order valence-electron chi connectivity index (χ2n) is 5.87. The highest BCUT2D eigenvalue weighted by Gasteiger charge is 2.27. The van der Waals surface area contributed by atoms with E-state index in [9.17, 15) is 4.79 Å². The van der Waals surface area contributed by atoms with Crippen molar-refractivity contribution in [3.63, 3.8) is 0 Å². The average Bonchev–Trinajstić information content (AvgIpc) is 2.81. The number of nitrogens with one attached hydrogen (secondary N) is 2. The second kappa shape index (κ2) is 9.05. The molecule has 2 aliphatic heterocycles. The van der Waals surface area contributed by atoms with Gasteiger partial charge in [0.05, 0.1) is 18.1 Å². The highest BCUT2D eigenvalue weighted by molar-refractivity contribution is 5.85. The molecule has 0 aromatic heterocycles. The van der Waals surface area contributed by atoms with Gasteiger partial charge in [-0.15, -0.1) is 24.8 Å². The molecule has 0 aliphatic carbocycles. The first-order valence-corrected chi connectivity index (χ1v) is 6.91. The number of amides is 1. The first-order valence-electron chi connectivity index (χ1n) is 6.91. The van der Waals surface area contributed by atoms with Crippen LogP contribution >= 0.6 is 24.8 Å². The van der Waals surface area contributed by atoms with Crippen molar-refractivity contribution in [2.24, 2.45) is 5.92 Å². The third kappa shape index (κ3) is 6.14. The fraction of sp³-hybridized carbons (Fsp3) is 0.923. The molecule has 2 heterocycles. The van der Waals surface area contributed by atoms with E-state index in [0.29, 0.717) is 0 Å². The number of hydrogen-bond donors (Lipinski definition) is 2. The van der Waals surface area contributed by atoms with Gasteiger partial charge in [0, 0.05) is 32.7 Å². The van der Waals surface area contributed by atoms with Crippen LogP contribution in [0.2, 0.25) is 0 Å². The van der Waals surface area contributed by atoms with E-state index in [4.69, 9.17) is 4.74 Å². The topological polar surface area (TPSA) is 53.6 Å². The van der Waals surface area contributed by atoms with Crippen LogP contribution < -0.4 is 10.6 Å². The number of nitrogens with zero attached hydrogens (tertiary/aromatic N) is 1. The molecule has 2 saturated heterocycles. The van der Waals surface area contributed by atoms with Crippen molar-refractivity contribution in [2.75, 3.05) is 45.9 Å². The van der Waals surface area contributed by atoms with Gasteiger partial charge in [0.1, 0.15) is 0 Å². The van der Waals surface area contributed by atoms with Gasteiger partial charge in [-0.2, -0.15) is 0 Å². The number of ether oxygens (including phenoxy) is 1. The molecule has 20 heavy (non-hydrogen) atoms. The fourth-order valence-corrected chi connectivity index (χ4v) is 2.67. The quantitative estimate of drug-likeness (QED) is 0.796. The van der Waals surface area contributed by atoms with Gasteiger partial charge in [0.25, 0.3) is 0 Å². The summed E-state index contributed by atoms with van der Waals surface area (Å²) in [6.07, 6.45) is 0.969. The fourth-order valence-electron chi connectivity index (χ4n) is 2.67. The van der Waals surface area contributed by atoms with E-state index in [-0.39, 0.29) is 42.2 Å². The molecule has 7 heteroatoms.